The van der Waals surface area contributed by atoms with Crippen LogP contribution in [0.3, 0.4) is 0 Å². The van der Waals surface area contributed by atoms with Gasteiger partial charge in [-0.1, -0.05) is 0 Å². The molecule has 2 aliphatic rings. The van der Waals surface area contributed by atoms with Crippen LogP contribution < -0.4 is 9.64 Å². The molecule has 150 valence electrons. The first-order valence-corrected chi connectivity index (χ1v) is 9.03. The number of hydrogen-bond donors (Lipinski definition) is 0. The van der Waals surface area contributed by atoms with Gasteiger partial charge in [0, 0.05) is 24.7 Å². The highest BCUT2D eigenvalue weighted by molar-refractivity contribution is 6.01. The molecule has 0 aromatic heterocycles. The number of nitro benzene ring substituents is 1. The molecule has 0 aliphatic carbocycles. The zero-order valence-corrected chi connectivity index (χ0v) is 15.5. The minimum atomic E-state index is -0.772. The number of amides is 2. The van der Waals surface area contributed by atoms with Crippen molar-refractivity contribution in [3.05, 3.63) is 28.3 Å². The molecule has 2 amide bonds. The van der Waals surface area contributed by atoms with E-state index in [9.17, 15) is 24.5 Å². The van der Waals surface area contributed by atoms with Gasteiger partial charge < -0.3 is 14.4 Å². The molecule has 1 aromatic rings. The molecule has 2 heterocycles. The molecule has 0 N–H and O–H groups in total. The van der Waals surface area contributed by atoms with E-state index in [0.29, 0.717) is 6.54 Å². The second-order valence-corrected chi connectivity index (χ2v) is 6.77. The number of esters is 1. The Hall–Kier alpha value is -3.17. The lowest BCUT2D eigenvalue weighted by molar-refractivity contribution is -0.384. The number of hydrogen-bond acceptors (Lipinski definition) is 7. The van der Waals surface area contributed by atoms with Crippen LogP contribution in [0, 0.1) is 10.1 Å². The molecule has 0 spiro atoms. The number of likely N-dealkylation sites (tertiary alicyclic amines) is 1. The molecule has 28 heavy (non-hydrogen) atoms. The first-order chi connectivity index (χ1) is 13.4. The lowest BCUT2D eigenvalue weighted by Crippen LogP contribution is -2.45. The molecule has 3 rings (SSSR count). The third-order valence-corrected chi connectivity index (χ3v) is 4.86. The number of rotatable bonds is 5. The minimum absolute atomic E-state index is 0.105. The lowest BCUT2D eigenvalue weighted by Gasteiger charge is -2.33. The third kappa shape index (κ3) is 4.21. The summed E-state index contributed by atoms with van der Waals surface area (Å²) in [5, 5.41) is 11.0. The summed E-state index contributed by atoms with van der Waals surface area (Å²) in [7, 11) is 0. The summed E-state index contributed by atoms with van der Waals surface area (Å²) in [6.07, 6.45) is 2.90. The Balaban J connectivity index is 1.64. The summed E-state index contributed by atoms with van der Waals surface area (Å²) in [5.74, 6) is -1.31. The Morgan fingerprint density at radius 2 is 2.14 bits per heavy atom. The van der Waals surface area contributed by atoms with E-state index in [4.69, 9.17) is 9.47 Å². The molecule has 1 aromatic carbocycles. The Labute approximate surface area is 161 Å². The van der Waals surface area contributed by atoms with Gasteiger partial charge in [-0.05, 0) is 32.3 Å². The number of fused-ring (bicyclic) bond motifs is 1. The molecule has 0 radical (unpaired) electrons. The molecule has 1 fully saturated rings. The van der Waals surface area contributed by atoms with E-state index in [-0.39, 0.29) is 35.7 Å². The van der Waals surface area contributed by atoms with Crippen molar-refractivity contribution in [3.63, 3.8) is 0 Å². The molecule has 0 saturated carbocycles. The number of anilines is 1. The van der Waals surface area contributed by atoms with Gasteiger partial charge in [0.1, 0.15) is 12.3 Å². The Bertz CT molecular complexity index is 810. The SMILES string of the molecule is C[C@H]1CCCCN1C(=O)COC(=O)CN1C(=O)COc2ccc([N+](=O)[O-])cc21. The van der Waals surface area contributed by atoms with Crippen LogP contribution in [0.25, 0.3) is 0 Å². The van der Waals surface area contributed by atoms with E-state index in [1.165, 1.54) is 18.2 Å². The molecule has 10 nitrogen and oxygen atoms in total. The first-order valence-electron chi connectivity index (χ1n) is 9.03. The molecule has 1 saturated heterocycles. The third-order valence-electron chi connectivity index (χ3n) is 4.86. The van der Waals surface area contributed by atoms with E-state index in [0.717, 1.165) is 24.2 Å². The van der Waals surface area contributed by atoms with Gasteiger partial charge in [0.05, 0.1) is 10.6 Å². The van der Waals surface area contributed by atoms with Crippen molar-refractivity contribution in [2.45, 2.75) is 32.2 Å². The molecule has 1 atom stereocenters. The van der Waals surface area contributed by atoms with Crippen molar-refractivity contribution >= 4 is 29.2 Å². The summed E-state index contributed by atoms with van der Waals surface area (Å²) in [4.78, 5) is 49.7. The fraction of sp³-hybridized carbons (Fsp3) is 0.500. The number of carbonyl (C=O) groups is 3. The topological polar surface area (TPSA) is 119 Å². The summed E-state index contributed by atoms with van der Waals surface area (Å²) < 4.78 is 10.3. The highest BCUT2D eigenvalue weighted by atomic mass is 16.6. The number of nitro groups is 1. The van der Waals surface area contributed by atoms with Crippen LogP contribution in [0.4, 0.5) is 11.4 Å². The summed E-state index contributed by atoms with van der Waals surface area (Å²) in [6.45, 7) is 1.44. The quantitative estimate of drug-likeness (QED) is 0.421. The number of carbonyl (C=O) groups excluding carboxylic acids is 3. The maximum Gasteiger partial charge on any atom is 0.326 e. The normalized spacial score (nSPS) is 18.9. The van der Waals surface area contributed by atoms with Crippen LogP contribution in [-0.2, 0) is 19.1 Å². The Kier molecular flexibility index (Phi) is 5.76. The van der Waals surface area contributed by atoms with Crippen molar-refractivity contribution in [2.75, 3.05) is 31.2 Å². The Morgan fingerprint density at radius 3 is 2.86 bits per heavy atom. The van der Waals surface area contributed by atoms with Crippen LogP contribution in [0.1, 0.15) is 26.2 Å². The van der Waals surface area contributed by atoms with Crippen LogP contribution in [0.2, 0.25) is 0 Å². The van der Waals surface area contributed by atoms with Gasteiger partial charge in [-0.2, -0.15) is 0 Å². The van der Waals surface area contributed by atoms with Crippen LogP contribution in [-0.4, -0.2) is 60.0 Å². The number of ether oxygens (including phenoxy) is 2. The maximum absolute atomic E-state index is 12.3. The van der Waals surface area contributed by atoms with Crippen molar-refractivity contribution in [1.82, 2.24) is 4.90 Å². The molecular weight excluding hydrogens is 370 g/mol. The van der Waals surface area contributed by atoms with Crippen molar-refractivity contribution < 1.29 is 28.8 Å². The van der Waals surface area contributed by atoms with Gasteiger partial charge in [-0.25, -0.2) is 0 Å². The molecule has 0 unspecified atom stereocenters. The number of piperidine rings is 1. The highest BCUT2D eigenvalue weighted by Crippen LogP contribution is 2.35. The fourth-order valence-electron chi connectivity index (χ4n) is 3.35. The second kappa shape index (κ2) is 8.24. The van der Waals surface area contributed by atoms with E-state index >= 15 is 0 Å². The highest BCUT2D eigenvalue weighted by Gasteiger charge is 2.30. The van der Waals surface area contributed by atoms with Gasteiger partial charge in [0.2, 0.25) is 0 Å². The van der Waals surface area contributed by atoms with Gasteiger partial charge in [0.25, 0.3) is 17.5 Å². The van der Waals surface area contributed by atoms with Crippen LogP contribution in [0.15, 0.2) is 18.2 Å². The minimum Gasteiger partial charge on any atom is -0.482 e. The van der Waals surface area contributed by atoms with Crippen LogP contribution >= 0.6 is 0 Å². The predicted octanol–water partition coefficient (Wildman–Crippen LogP) is 1.26. The molecule has 2 aliphatic heterocycles. The van der Waals surface area contributed by atoms with Crippen LogP contribution in [0.5, 0.6) is 5.75 Å². The molecular formula is C18H21N3O7. The van der Waals surface area contributed by atoms with Crippen molar-refractivity contribution in [3.8, 4) is 5.75 Å². The fourth-order valence-corrected chi connectivity index (χ4v) is 3.35. The van der Waals surface area contributed by atoms with Gasteiger partial charge in [-0.15, -0.1) is 0 Å². The monoisotopic (exact) mass is 391 g/mol. The number of nitrogens with zero attached hydrogens (tertiary/aromatic N) is 3. The molecule has 0 bridgehead atoms. The average molecular weight is 391 g/mol. The molecule has 10 heteroatoms. The second-order valence-electron chi connectivity index (χ2n) is 6.77. The van der Waals surface area contributed by atoms with E-state index < -0.39 is 30.0 Å². The number of benzene rings is 1. The average Bonchev–Trinajstić information content (AvgIpc) is 2.68. The van der Waals surface area contributed by atoms with Gasteiger partial charge >= 0.3 is 5.97 Å². The Morgan fingerprint density at radius 1 is 1.36 bits per heavy atom. The van der Waals surface area contributed by atoms with Crippen molar-refractivity contribution in [2.24, 2.45) is 0 Å². The van der Waals surface area contributed by atoms with E-state index in [2.05, 4.69) is 0 Å². The maximum atomic E-state index is 12.3. The lowest BCUT2D eigenvalue weighted by atomic mass is 10.0. The standard InChI is InChI=1S/C18H21N3O7/c1-12-4-2-3-7-19(12)16(22)11-28-18(24)9-20-14-8-13(21(25)26)5-6-15(14)27-10-17(20)23/h5-6,8,12H,2-4,7,9-11H2,1H3/t12-/m0/s1. The van der Waals surface area contributed by atoms with Crippen molar-refractivity contribution in [1.29, 1.82) is 0 Å². The number of non-ortho nitro benzene ring substituents is 1. The first kappa shape index (κ1) is 19.6. The van der Waals surface area contributed by atoms with Gasteiger partial charge in [-0.3, -0.25) is 29.4 Å². The largest absolute Gasteiger partial charge is 0.482 e. The zero-order valence-electron chi connectivity index (χ0n) is 15.5. The van der Waals surface area contributed by atoms with E-state index in [1.54, 1.807) is 4.90 Å². The van der Waals surface area contributed by atoms with E-state index in [1.807, 2.05) is 6.92 Å². The predicted molar refractivity (Wildman–Crippen MR) is 96.9 cm³/mol. The summed E-state index contributed by atoms with van der Waals surface area (Å²) in [5.41, 5.74) is -0.108. The smallest absolute Gasteiger partial charge is 0.326 e. The zero-order chi connectivity index (χ0) is 20.3. The summed E-state index contributed by atoms with van der Waals surface area (Å²) in [6, 6.07) is 3.90. The van der Waals surface area contributed by atoms with Gasteiger partial charge in [0.15, 0.2) is 13.2 Å². The summed E-state index contributed by atoms with van der Waals surface area (Å²) >= 11 is 0.